The molecular formula is C15H10N4OS. The number of benzene rings is 2. The van der Waals surface area contributed by atoms with Crippen LogP contribution in [0.1, 0.15) is 0 Å². The molecule has 0 aliphatic heterocycles. The minimum Gasteiger partial charge on any atom is -0.504 e. The molecule has 0 saturated carbocycles. The van der Waals surface area contributed by atoms with E-state index in [9.17, 15) is 5.11 Å². The molecule has 0 aliphatic rings. The van der Waals surface area contributed by atoms with Crippen molar-refractivity contribution in [3.63, 3.8) is 0 Å². The Balaban J connectivity index is 1.74. The zero-order valence-electron chi connectivity index (χ0n) is 10.8. The topological polar surface area (TPSA) is 73.6 Å². The lowest BCUT2D eigenvalue weighted by Crippen LogP contribution is -1.65. The summed E-state index contributed by atoms with van der Waals surface area (Å²) in [6, 6.07) is 15.3. The molecule has 2 aromatic heterocycles. The predicted octanol–water partition coefficient (Wildman–Crippen LogP) is 4.90. The van der Waals surface area contributed by atoms with Gasteiger partial charge >= 0.3 is 0 Å². The van der Waals surface area contributed by atoms with Gasteiger partial charge in [-0.05, 0) is 24.3 Å². The number of rotatable bonds is 2. The number of para-hydroxylation sites is 2. The van der Waals surface area contributed by atoms with Crippen LogP contribution in [-0.4, -0.2) is 15.1 Å². The molecule has 0 unspecified atom stereocenters. The highest BCUT2D eigenvalue weighted by Gasteiger charge is 2.09. The van der Waals surface area contributed by atoms with Crippen molar-refractivity contribution in [3.8, 4) is 5.75 Å². The highest BCUT2D eigenvalue weighted by molar-refractivity contribution is 7.21. The van der Waals surface area contributed by atoms with E-state index in [1.165, 1.54) is 11.3 Å². The van der Waals surface area contributed by atoms with Crippen molar-refractivity contribution in [2.24, 2.45) is 10.2 Å². The molecule has 2 heterocycles. The maximum atomic E-state index is 10.1. The second-order valence-electron chi connectivity index (χ2n) is 4.53. The van der Waals surface area contributed by atoms with Crippen molar-refractivity contribution in [1.29, 1.82) is 0 Å². The van der Waals surface area contributed by atoms with Crippen molar-refractivity contribution < 1.29 is 5.11 Å². The molecule has 6 heteroatoms. The van der Waals surface area contributed by atoms with Crippen LogP contribution in [0.5, 0.6) is 5.75 Å². The SMILES string of the molecule is Oc1c(/N=N/c2nc3ccccc3s2)[nH]c2ccccc12. The summed E-state index contributed by atoms with van der Waals surface area (Å²) in [6.45, 7) is 0. The van der Waals surface area contributed by atoms with Gasteiger partial charge in [-0.25, -0.2) is 4.98 Å². The Kier molecular flexibility index (Phi) is 2.68. The smallest absolute Gasteiger partial charge is 0.231 e. The van der Waals surface area contributed by atoms with Gasteiger partial charge in [0.2, 0.25) is 5.13 Å². The number of fused-ring (bicyclic) bond motifs is 2. The van der Waals surface area contributed by atoms with E-state index >= 15 is 0 Å². The third-order valence-electron chi connectivity index (χ3n) is 3.18. The fraction of sp³-hybridized carbons (Fsp3) is 0. The Hall–Kier alpha value is -2.73. The first kappa shape index (κ1) is 12.0. The summed E-state index contributed by atoms with van der Waals surface area (Å²) in [7, 11) is 0. The Morgan fingerprint density at radius 3 is 2.67 bits per heavy atom. The lowest BCUT2D eigenvalue weighted by atomic mass is 10.2. The van der Waals surface area contributed by atoms with Crippen LogP contribution in [0.3, 0.4) is 0 Å². The molecule has 0 atom stereocenters. The molecule has 102 valence electrons. The summed E-state index contributed by atoms with van der Waals surface area (Å²) < 4.78 is 1.06. The van der Waals surface area contributed by atoms with E-state index in [1.807, 2.05) is 48.5 Å². The first-order valence-electron chi connectivity index (χ1n) is 6.38. The number of thiazole rings is 1. The molecule has 0 bridgehead atoms. The molecule has 0 fully saturated rings. The molecule has 0 spiro atoms. The van der Waals surface area contributed by atoms with Crippen LogP contribution in [0.15, 0.2) is 58.8 Å². The van der Waals surface area contributed by atoms with Crippen molar-refractivity contribution in [3.05, 3.63) is 48.5 Å². The van der Waals surface area contributed by atoms with Crippen LogP contribution in [0, 0.1) is 0 Å². The van der Waals surface area contributed by atoms with Crippen LogP contribution in [0.2, 0.25) is 0 Å². The quantitative estimate of drug-likeness (QED) is 0.516. The monoisotopic (exact) mass is 294 g/mol. The van der Waals surface area contributed by atoms with Gasteiger partial charge in [0.15, 0.2) is 11.6 Å². The van der Waals surface area contributed by atoms with Crippen LogP contribution < -0.4 is 0 Å². The predicted molar refractivity (Wildman–Crippen MR) is 83.8 cm³/mol. The third kappa shape index (κ3) is 2.05. The lowest BCUT2D eigenvalue weighted by molar-refractivity contribution is 0.482. The van der Waals surface area contributed by atoms with Crippen LogP contribution in [0.4, 0.5) is 10.9 Å². The van der Waals surface area contributed by atoms with Gasteiger partial charge in [-0.15, -0.1) is 10.2 Å². The maximum Gasteiger partial charge on any atom is 0.231 e. The third-order valence-corrected chi connectivity index (χ3v) is 4.10. The number of hydrogen-bond acceptors (Lipinski definition) is 5. The van der Waals surface area contributed by atoms with E-state index < -0.39 is 0 Å². The summed E-state index contributed by atoms with van der Waals surface area (Å²) in [5.74, 6) is 0.450. The second-order valence-corrected chi connectivity index (χ2v) is 5.54. The average Bonchev–Trinajstić information content (AvgIpc) is 3.07. The molecule has 21 heavy (non-hydrogen) atoms. The summed E-state index contributed by atoms with van der Waals surface area (Å²) in [5, 5.41) is 19.6. The Morgan fingerprint density at radius 1 is 1.00 bits per heavy atom. The van der Waals surface area contributed by atoms with Gasteiger partial charge in [-0.2, -0.15) is 0 Å². The Bertz CT molecular complexity index is 937. The van der Waals surface area contributed by atoms with Gasteiger partial charge in [0.25, 0.3) is 0 Å². The number of nitrogens with zero attached hydrogens (tertiary/aromatic N) is 3. The normalized spacial score (nSPS) is 11.8. The minimum absolute atomic E-state index is 0.107. The summed E-state index contributed by atoms with van der Waals surface area (Å²) in [5.41, 5.74) is 1.73. The van der Waals surface area contributed by atoms with E-state index in [1.54, 1.807) is 0 Å². The minimum atomic E-state index is 0.107. The van der Waals surface area contributed by atoms with E-state index in [4.69, 9.17) is 0 Å². The average molecular weight is 294 g/mol. The molecule has 0 radical (unpaired) electrons. The number of azo groups is 1. The molecular weight excluding hydrogens is 284 g/mol. The van der Waals surface area contributed by atoms with Gasteiger partial charge in [0.1, 0.15) is 0 Å². The molecule has 0 amide bonds. The fourth-order valence-corrected chi connectivity index (χ4v) is 2.97. The van der Waals surface area contributed by atoms with Crippen LogP contribution in [0.25, 0.3) is 21.1 Å². The van der Waals surface area contributed by atoms with Gasteiger partial charge < -0.3 is 10.1 Å². The number of H-pyrrole nitrogens is 1. The molecule has 5 nitrogen and oxygen atoms in total. The molecule has 0 aliphatic carbocycles. The largest absolute Gasteiger partial charge is 0.504 e. The first-order valence-corrected chi connectivity index (χ1v) is 7.20. The van der Waals surface area contributed by atoms with Gasteiger partial charge in [0, 0.05) is 5.39 Å². The van der Waals surface area contributed by atoms with Gasteiger partial charge in [-0.3, -0.25) is 0 Å². The highest BCUT2D eigenvalue weighted by atomic mass is 32.1. The second kappa shape index (κ2) is 4.68. The molecule has 4 rings (SSSR count). The Labute approximate surface area is 123 Å². The number of aromatic hydroxyl groups is 1. The Morgan fingerprint density at radius 2 is 1.81 bits per heavy atom. The van der Waals surface area contributed by atoms with Crippen molar-refractivity contribution in [1.82, 2.24) is 9.97 Å². The molecule has 0 saturated heterocycles. The van der Waals surface area contributed by atoms with E-state index in [2.05, 4.69) is 20.2 Å². The fourth-order valence-electron chi connectivity index (χ4n) is 2.18. The molecule has 4 aromatic rings. The molecule has 2 aromatic carbocycles. The summed E-state index contributed by atoms with van der Waals surface area (Å²) >= 11 is 1.46. The van der Waals surface area contributed by atoms with Gasteiger partial charge in [0.05, 0.1) is 15.7 Å². The van der Waals surface area contributed by atoms with Gasteiger partial charge in [-0.1, -0.05) is 35.6 Å². The first-order chi connectivity index (χ1) is 10.3. The van der Waals surface area contributed by atoms with E-state index in [-0.39, 0.29) is 5.75 Å². The maximum absolute atomic E-state index is 10.1. The highest BCUT2D eigenvalue weighted by Crippen LogP contribution is 2.36. The van der Waals surface area contributed by atoms with Crippen LogP contribution in [-0.2, 0) is 0 Å². The summed E-state index contributed by atoms with van der Waals surface area (Å²) in [4.78, 5) is 7.41. The van der Waals surface area contributed by atoms with Crippen molar-refractivity contribution >= 4 is 43.4 Å². The van der Waals surface area contributed by atoms with Crippen molar-refractivity contribution in [2.45, 2.75) is 0 Å². The van der Waals surface area contributed by atoms with Crippen LogP contribution >= 0.6 is 11.3 Å². The standard InChI is InChI=1S/C15H10N4OS/c20-13-9-5-1-2-6-10(9)16-14(13)18-19-15-17-11-7-3-4-8-12(11)21-15/h1-8,16,20H/b19-18+. The van der Waals surface area contributed by atoms with E-state index in [0.29, 0.717) is 10.9 Å². The number of nitrogens with one attached hydrogen (secondary N) is 1. The zero-order chi connectivity index (χ0) is 14.2. The van der Waals surface area contributed by atoms with Crippen molar-refractivity contribution in [2.75, 3.05) is 0 Å². The lowest BCUT2D eigenvalue weighted by Gasteiger charge is -1.88. The number of hydrogen-bond donors (Lipinski definition) is 2. The number of aromatic amines is 1. The zero-order valence-corrected chi connectivity index (χ0v) is 11.6. The molecule has 2 N–H and O–H groups in total. The summed E-state index contributed by atoms with van der Waals surface area (Å²) in [6.07, 6.45) is 0. The number of aromatic nitrogens is 2. The van der Waals surface area contributed by atoms with E-state index in [0.717, 1.165) is 21.1 Å².